The summed E-state index contributed by atoms with van der Waals surface area (Å²) in [6.45, 7) is 4.55. The van der Waals surface area contributed by atoms with Gasteiger partial charge in [0.2, 0.25) is 0 Å². The van der Waals surface area contributed by atoms with Crippen molar-refractivity contribution in [2.24, 2.45) is 5.10 Å². The largest absolute Gasteiger partial charge is 0.493 e. The highest BCUT2D eigenvalue weighted by atomic mass is 127. The van der Waals surface area contributed by atoms with Gasteiger partial charge in [0.1, 0.15) is 12.4 Å². The molecule has 0 aliphatic heterocycles. The Morgan fingerprint density at radius 3 is 2.66 bits per heavy atom. The van der Waals surface area contributed by atoms with E-state index in [9.17, 15) is 4.79 Å². The van der Waals surface area contributed by atoms with Crippen LogP contribution in [0.4, 0.5) is 0 Å². The van der Waals surface area contributed by atoms with Crippen LogP contribution >= 0.6 is 38.5 Å². The highest BCUT2D eigenvalue weighted by Gasteiger charge is 2.16. The summed E-state index contributed by atoms with van der Waals surface area (Å²) in [6, 6.07) is 19.3. The van der Waals surface area contributed by atoms with E-state index in [1.807, 2.05) is 61.5 Å². The van der Waals surface area contributed by atoms with E-state index in [0.29, 0.717) is 34.8 Å². The van der Waals surface area contributed by atoms with Gasteiger partial charge < -0.3 is 9.47 Å². The Morgan fingerprint density at radius 1 is 1.17 bits per heavy atom. The zero-order valence-corrected chi connectivity index (χ0v) is 23.4. The van der Waals surface area contributed by atoms with Crippen molar-refractivity contribution >= 4 is 55.6 Å². The van der Waals surface area contributed by atoms with Crippen LogP contribution in [0.5, 0.6) is 11.5 Å². The fourth-order valence-electron chi connectivity index (χ4n) is 3.59. The van der Waals surface area contributed by atoms with Gasteiger partial charge in [-0.05, 0) is 70.5 Å². The zero-order chi connectivity index (χ0) is 24.9. The van der Waals surface area contributed by atoms with Gasteiger partial charge in [-0.25, -0.2) is 4.98 Å². The van der Waals surface area contributed by atoms with Crippen LogP contribution in [-0.4, -0.2) is 23.0 Å². The normalized spacial score (nSPS) is 12.3. The molecule has 0 spiro atoms. The standard InChI is InChI=1S/C27H25BrIN3O3/c1-4-17(2)26-31-23-11-10-20(28)14-21(23)27(33)32(26)30-15-19-12-22(29)25(24(13-19)34-3)35-16-18-8-6-5-7-9-18/h5-15,17H,4,16H2,1-3H3/t17-/m0/s1. The first-order valence-electron chi connectivity index (χ1n) is 11.2. The fraction of sp³-hybridized carbons (Fsp3) is 0.222. The molecule has 1 aromatic heterocycles. The number of hydrogen-bond donors (Lipinski definition) is 0. The number of rotatable bonds is 8. The molecule has 0 saturated carbocycles. The van der Waals surface area contributed by atoms with Crippen LogP contribution in [-0.2, 0) is 6.61 Å². The Balaban J connectivity index is 1.71. The molecule has 8 heteroatoms. The van der Waals surface area contributed by atoms with Crippen molar-refractivity contribution in [1.29, 1.82) is 0 Å². The molecule has 0 N–H and O–H groups in total. The number of ether oxygens (including phenoxy) is 2. The first-order chi connectivity index (χ1) is 16.9. The topological polar surface area (TPSA) is 65.7 Å². The molecular formula is C27H25BrIN3O3. The number of hydrogen-bond acceptors (Lipinski definition) is 5. The van der Waals surface area contributed by atoms with E-state index < -0.39 is 0 Å². The van der Waals surface area contributed by atoms with Gasteiger partial charge in [-0.15, -0.1) is 0 Å². The third kappa shape index (κ3) is 5.75. The third-order valence-corrected chi connectivity index (χ3v) is 6.98. The highest BCUT2D eigenvalue weighted by molar-refractivity contribution is 14.1. The van der Waals surface area contributed by atoms with Crippen molar-refractivity contribution in [3.05, 3.63) is 96.0 Å². The Labute approximate surface area is 226 Å². The molecule has 4 rings (SSSR count). The van der Waals surface area contributed by atoms with E-state index in [1.165, 1.54) is 4.68 Å². The molecule has 0 amide bonds. The Kier molecular flexibility index (Phi) is 8.22. The van der Waals surface area contributed by atoms with Crippen molar-refractivity contribution in [2.45, 2.75) is 32.8 Å². The van der Waals surface area contributed by atoms with Crippen LogP contribution in [0.15, 0.2) is 75.0 Å². The summed E-state index contributed by atoms with van der Waals surface area (Å²) in [6.07, 6.45) is 2.49. The SMILES string of the molecule is CC[C@H](C)c1nc2ccc(Br)cc2c(=O)n1N=Cc1cc(I)c(OCc2ccccc2)c(OC)c1. The molecule has 0 unspecified atom stereocenters. The van der Waals surface area contributed by atoms with Crippen molar-refractivity contribution in [2.75, 3.05) is 7.11 Å². The van der Waals surface area contributed by atoms with E-state index in [-0.39, 0.29) is 11.5 Å². The zero-order valence-electron chi connectivity index (χ0n) is 19.7. The van der Waals surface area contributed by atoms with Gasteiger partial charge in [0, 0.05) is 10.4 Å². The maximum absolute atomic E-state index is 13.3. The molecule has 180 valence electrons. The van der Waals surface area contributed by atoms with E-state index in [4.69, 9.17) is 14.5 Å². The minimum atomic E-state index is -0.202. The van der Waals surface area contributed by atoms with Crippen molar-refractivity contribution < 1.29 is 9.47 Å². The smallest absolute Gasteiger partial charge is 0.282 e. The summed E-state index contributed by atoms with van der Waals surface area (Å²) < 4.78 is 14.8. The molecule has 0 aliphatic carbocycles. The van der Waals surface area contributed by atoms with Crippen LogP contribution in [0.3, 0.4) is 0 Å². The molecule has 1 heterocycles. The fourth-order valence-corrected chi connectivity index (χ4v) is 4.73. The van der Waals surface area contributed by atoms with Crippen LogP contribution in [0.1, 0.15) is 43.1 Å². The first-order valence-corrected chi connectivity index (χ1v) is 13.1. The van der Waals surface area contributed by atoms with Crippen LogP contribution in [0.2, 0.25) is 0 Å². The molecule has 0 saturated heterocycles. The Bertz CT molecular complexity index is 1440. The van der Waals surface area contributed by atoms with Gasteiger partial charge in [0.05, 0.1) is 27.8 Å². The molecule has 4 aromatic rings. The summed E-state index contributed by atoms with van der Waals surface area (Å²) in [5, 5.41) is 5.08. The summed E-state index contributed by atoms with van der Waals surface area (Å²) in [4.78, 5) is 18.1. The van der Waals surface area contributed by atoms with E-state index in [1.54, 1.807) is 19.4 Å². The lowest BCUT2D eigenvalue weighted by Gasteiger charge is -2.15. The second-order valence-electron chi connectivity index (χ2n) is 8.11. The van der Waals surface area contributed by atoms with Crippen LogP contribution < -0.4 is 15.0 Å². The lowest BCUT2D eigenvalue weighted by atomic mass is 10.1. The monoisotopic (exact) mass is 645 g/mol. The number of nitrogens with zero attached hydrogens (tertiary/aromatic N) is 3. The molecule has 6 nitrogen and oxygen atoms in total. The molecule has 0 aliphatic rings. The molecule has 0 radical (unpaired) electrons. The quantitative estimate of drug-likeness (QED) is 0.157. The number of aromatic nitrogens is 2. The molecule has 3 aromatic carbocycles. The van der Waals surface area contributed by atoms with E-state index >= 15 is 0 Å². The number of fused-ring (bicyclic) bond motifs is 1. The second kappa shape index (κ2) is 11.3. The average Bonchev–Trinajstić information content (AvgIpc) is 2.87. The van der Waals surface area contributed by atoms with Gasteiger partial charge in [0.25, 0.3) is 5.56 Å². The lowest BCUT2D eigenvalue weighted by Crippen LogP contribution is -2.23. The van der Waals surface area contributed by atoms with E-state index in [2.05, 4.69) is 50.5 Å². The third-order valence-electron chi connectivity index (χ3n) is 5.69. The number of benzene rings is 3. The Morgan fingerprint density at radius 2 is 1.94 bits per heavy atom. The van der Waals surface area contributed by atoms with Crippen LogP contribution in [0, 0.1) is 3.57 Å². The van der Waals surface area contributed by atoms with Crippen LogP contribution in [0.25, 0.3) is 10.9 Å². The number of methoxy groups -OCH3 is 1. The highest BCUT2D eigenvalue weighted by Crippen LogP contribution is 2.34. The lowest BCUT2D eigenvalue weighted by molar-refractivity contribution is 0.282. The van der Waals surface area contributed by atoms with Crippen molar-refractivity contribution in [3.63, 3.8) is 0 Å². The Hall–Kier alpha value is -2.72. The summed E-state index contributed by atoms with van der Waals surface area (Å²) in [7, 11) is 1.61. The molecule has 1 atom stereocenters. The summed E-state index contributed by atoms with van der Waals surface area (Å²) in [5.41, 5.74) is 2.32. The van der Waals surface area contributed by atoms with E-state index in [0.717, 1.165) is 25.6 Å². The molecule has 0 fully saturated rings. The second-order valence-corrected chi connectivity index (χ2v) is 10.2. The van der Waals surface area contributed by atoms with Gasteiger partial charge >= 0.3 is 0 Å². The molecular weight excluding hydrogens is 621 g/mol. The van der Waals surface area contributed by atoms with Gasteiger partial charge in [0.15, 0.2) is 11.5 Å². The van der Waals surface area contributed by atoms with Gasteiger partial charge in [-0.2, -0.15) is 9.78 Å². The minimum absolute atomic E-state index is 0.0660. The summed E-state index contributed by atoms with van der Waals surface area (Å²) >= 11 is 5.67. The summed E-state index contributed by atoms with van der Waals surface area (Å²) in [5.74, 6) is 1.97. The number of halogens is 2. The molecule has 0 bridgehead atoms. The van der Waals surface area contributed by atoms with Gasteiger partial charge in [-0.1, -0.05) is 60.1 Å². The maximum Gasteiger partial charge on any atom is 0.282 e. The van der Waals surface area contributed by atoms with Crippen molar-refractivity contribution in [1.82, 2.24) is 9.66 Å². The van der Waals surface area contributed by atoms with Crippen molar-refractivity contribution in [3.8, 4) is 11.5 Å². The first kappa shape index (κ1) is 25.4. The average molecular weight is 646 g/mol. The maximum atomic E-state index is 13.3. The predicted octanol–water partition coefficient (Wildman–Crippen LogP) is 6.75. The predicted molar refractivity (Wildman–Crippen MR) is 152 cm³/mol. The minimum Gasteiger partial charge on any atom is -0.493 e. The van der Waals surface area contributed by atoms with Gasteiger partial charge in [-0.3, -0.25) is 4.79 Å². The molecule has 35 heavy (non-hydrogen) atoms.